The van der Waals surface area contributed by atoms with E-state index in [1.807, 2.05) is 0 Å². The molecule has 0 aromatic heterocycles. The minimum Gasteiger partial charge on any atom is -0.480 e. The third-order valence-electron chi connectivity index (χ3n) is 5.12. The van der Waals surface area contributed by atoms with Crippen molar-refractivity contribution in [3.63, 3.8) is 0 Å². The van der Waals surface area contributed by atoms with Crippen LogP contribution in [0.25, 0.3) is 0 Å². The lowest BCUT2D eigenvalue weighted by molar-refractivity contribution is -0.143. The van der Waals surface area contributed by atoms with Crippen LogP contribution in [0.15, 0.2) is 0 Å². The number of rotatable bonds is 26. The smallest absolute Gasteiger partial charge is 0.326 e. The lowest BCUT2D eigenvalue weighted by Crippen LogP contribution is -2.42. The first-order valence-corrected chi connectivity index (χ1v) is 12.9. The van der Waals surface area contributed by atoms with Gasteiger partial charge >= 0.3 is 11.9 Å². The Bertz CT molecular complexity index is 636. The first kappa shape index (κ1) is 34.7. The van der Waals surface area contributed by atoms with Gasteiger partial charge in [0.25, 0.3) is 0 Å². The van der Waals surface area contributed by atoms with E-state index >= 15 is 0 Å². The van der Waals surface area contributed by atoms with Crippen LogP contribution < -0.4 is 16.4 Å². The average molecular weight is 536 g/mol. The van der Waals surface area contributed by atoms with Crippen molar-refractivity contribution < 1.29 is 48.3 Å². The number of amides is 2. The molecule has 13 heteroatoms. The number of nitrogens with two attached hydrogens (primary N) is 1. The number of nitrogens with one attached hydrogen (secondary N) is 2. The maximum Gasteiger partial charge on any atom is 0.326 e. The van der Waals surface area contributed by atoms with Gasteiger partial charge in [-0.2, -0.15) is 0 Å². The molecule has 6 N–H and O–H groups in total. The number of aliphatic carboxylic acids is 2. The van der Waals surface area contributed by atoms with Crippen molar-refractivity contribution in [3.8, 4) is 0 Å². The average Bonchev–Trinajstić information content (AvgIpc) is 2.85. The molecule has 0 fully saturated rings. The predicted molar refractivity (Wildman–Crippen MR) is 134 cm³/mol. The van der Waals surface area contributed by atoms with Crippen LogP contribution in [0.1, 0.15) is 58.3 Å². The fourth-order valence-electron chi connectivity index (χ4n) is 3.17. The zero-order valence-electron chi connectivity index (χ0n) is 21.9. The standard InChI is InChI=1S/C24H45N3O10/c1-2-3-4-5-8-19(23(30)31)26-21(28)17-36-15-13-34-11-7-6-9-20(24(32)33)27-22(29)18-37-16-14-35-12-10-25/h19-20H,2-18,25H2,1H3,(H,26,28)(H,27,29)(H,30,31)(H,32,33). The topological polar surface area (TPSA) is 196 Å². The van der Waals surface area contributed by atoms with E-state index in [0.29, 0.717) is 45.6 Å². The van der Waals surface area contributed by atoms with Crippen LogP contribution in [0.4, 0.5) is 0 Å². The third-order valence-corrected chi connectivity index (χ3v) is 5.12. The number of carbonyl (C=O) groups is 4. The molecule has 0 aliphatic rings. The van der Waals surface area contributed by atoms with Crippen molar-refractivity contribution in [2.24, 2.45) is 5.73 Å². The summed E-state index contributed by atoms with van der Waals surface area (Å²) in [7, 11) is 0. The van der Waals surface area contributed by atoms with Gasteiger partial charge in [0.15, 0.2) is 0 Å². The zero-order chi connectivity index (χ0) is 27.7. The van der Waals surface area contributed by atoms with Gasteiger partial charge in [-0.1, -0.05) is 32.6 Å². The van der Waals surface area contributed by atoms with E-state index in [-0.39, 0.29) is 39.5 Å². The molecular formula is C24H45N3O10. The summed E-state index contributed by atoms with van der Waals surface area (Å²) in [6.07, 6.45) is 5.46. The third kappa shape index (κ3) is 21.5. The molecule has 0 heterocycles. The lowest BCUT2D eigenvalue weighted by Gasteiger charge is -2.15. The van der Waals surface area contributed by atoms with Crippen molar-refractivity contribution in [2.75, 3.05) is 59.4 Å². The predicted octanol–water partition coefficient (Wildman–Crippen LogP) is 0.291. The molecule has 2 atom stereocenters. The summed E-state index contributed by atoms with van der Waals surface area (Å²) in [4.78, 5) is 46.4. The maximum absolute atomic E-state index is 11.9. The molecule has 13 nitrogen and oxygen atoms in total. The fourth-order valence-corrected chi connectivity index (χ4v) is 3.17. The Kier molecular flexibility index (Phi) is 22.5. The van der Waals surface area contributed by atoms with Crippen LogP contribution in [0.3, 0.4) is 0 Å². The molecule has 216 valence electrons. The SMILES string of the molecule is CCCCCCC(NC(=O)COCCOCCCCC(NC(=O)COCCOCCN)C(=O)O)C(=O)O. The van der Waals surface area contributed by atoms with E-state index in [0.717, 1.165) is 25.7 Å². The number of ether oxygens (including phenoxy) is 4. The second kappa shape index (κ2) is 24.0. The number of hydrogen-bond acceptors (Lipinski definition) is 9. The van der Waals surface area contributed by atoms with Gasteiger partial charge in [0.2, 0.25) is 11.8 Å². The molecule has 0 aromatic carbocycles. The minimum absolute atomic E-state index is 0.159. The Labute approximate surface area is 218 Å². The fraction of sp³-hybridized carbons (Fsp3) is 0.833. The summed E-state index contributed by atoms with van der Waals surface area (Å²) in [6.45, 7) is 3.61. The molecule has 37 heavy (non-hydrogen) atoms. The molecule has 0 aliphatic heterocycles. The van der Waals surface area contributed by atoms with Crippen LogP contribution in [0.5, 0.6) is 0 Å². The van der Waals surface area contributed by atoms with Crippen LogP contribution in [0, 0.1) is 0 Å². The maximum atomic E-state index is 11.9. The van der Waals surface area contributed by atoms with Crippen molar-refractivity contribution in [2.45, 2.75) is 70.4 Å². The first-order valence-electron chi connectivity index (χ1n) is 12.9. The molecule has 0 bridgehead atoms. The number of hydrogen-bond donors (Lipinski definition) is 5. The molecular weight excluding hydrogens is 490 g/mol. The molecule has 0 aromatic rings. The summed E-state index contributed by atoms with van der Waals surface area (Å²) in [5, 5.41) is 23.4. The summed E-state index contributed by atoms with van der Waals surface area (Å²) in [5.74, 6) is -3.20. The highest BCUT2D eigenvalue weighted by Crippen LogP contribution is 2.06. The van der Waals surface area contributed by atoms with E-state index in [9.17, 15) is 29.4 Å². The Hall–Kier alpha value is -2.32. The minimum atomic E-state index is -1.13. The van der Waals surface area contributed by atoms with E-state index in [2.05, 4.69) is 17.6 Å². The summed E-state index contributed by atoms with van der Waals surface area (Å²) >= 11 is 0. The lowest BCUT2D eigenvalue weighted by atomic mass is 10.1. The highest BCUT2D eigenvalue weighted by molar-refractivity contribution is 5.84. The first-order chi connectivity index (χ1) is 17.8. The number of unbranched alkanes of at least 4 members (excludes halogenated alkanes) is 4. The number of carbonyl (C=O) groups excluding carboxylic acids is 2. The number of carboxylic acid groups (broad SMARTS) is 2. The van der Waals surface area contributed by atoms with Gasteiger partial charge in [-0.15, -0.1) is 0 Å². The second-order valence-electron chi connectivity index (χ2n) is 8.38. The van der Waals surface area contributed by atoms with Crippen LogP contribution in [-0.2, 0) is 38.1 Å². The van der Waals surface area contributed by atoms with Gasteiger partial charge in [0.1, 0.15) is 25.3 Å². The Morgan fingerprint density at radius 3 is 1.57 bits per heavy atom. The molecule has 0 saturated heterocycles. The van der Waals surface area contributed by atoms with E-state index < -0.39 is 35.8 Å². The van der Waals surface area contributed by atoms with Gasteiger partial charge in [-0.25, -0.2) is 9.59 Å². The van der Waals surface area contributed by atoms with E-state index in [1.165, 1.54) is 0 Å². The summed E-state index contributed by atoms with van der Waals surface area (Å²) in [5.41, 5.74) is 5.28. The van der Waals surface area contributed by atoms with Gasteiger partial charge in [-0.05, 0) is 25.7 Å². The molecule has 2 unspecified atom stereocenters. The van der Waals surface area contributed by atoms with Crippen molar-refractivity contribution in [3.05, 3.63) is 0 Å². The quantitative estimate of drug-likeness (QED) is 0.0955. The monoisotopic (exact) mass is 535 g/mol. The van der Waals surface area contributed by atoms with Crippen molar-refractivity contribution >= 4 is 23.8 Å². The van der Waals surface area contributed by atoms with Crippen LogP contribution >= 0.6 is 0 Å². The van der Waals surface area contributed by atoms with E-state index in [4.69, 9.17) is 24.7 Å². The summed E-state index contributed by atoms with van der Waals surface area (Å²) < 4.78 is 20.9. The zero-order valence-corrected chi connectivity index (χ0v) is 21.9. The van der Waals surface area contributed by atoms with Gasteiger partial charge in [-0.3, -0.25) is 9.59 Å². The Morgan fingerprint density at radius 2 is 1.11 bits per heavy atom. The Morgan fingerprint density at radius 1 is 0.649 bits per heavy atom. The largest absolute Gasteiger partial charge is 0.480 e. The molecule has 0 radical (unpaired) electrons. The van der Waals surface area contributed by atoms with E-state index in [1.54, 1.807) is 0 Å². The van der Waals surface area contributed by atoms with Gasteiger partial charge < -0.3 is 45.5 Å². The Balaban J connectivity index is 3.85. The van der Waals surface area contributed by atoms with Gasteiger partial charge in [0, 0.05) is 13.2 Å². The second-order valence-corrected chi connectivity index (χ2v) is 8.38. The highest BCUT2D eigenvalue weighted by Gasteiger charge is 2.20. The van der Waals surface area contributed by atoms with Crippen molar-refractivity contribution in [1.29, 1.82) is 0 Å². The molecule has 0 saturated carbocycles. The highest BCUT2D eigenvalue weighted by atomic mass is 16.5. The van der Waals surface area contributed by atoms with Crippen molar-refractivity contribution in [1.82, 2.24) is 10.6 Å². The number of carboxylic acids is 2. The summed E-state index contributed by atoms with van der Waals surface area (Å²) in [6, 6.07) is -1.94. The van der Waals surface area contributed by atoms with Crippen LogP contribution in [-0.4, -0.2) is 105 Å². The molecule has 0 aliphatic carbocycles. The molecule has 2 amide bonds. The van der Waals surface area contributed by atoms with Crippen LogP contribution in [0.2, 0.25) is 0 Å². The normalized spacial score (nSPS) is 12.6. The molecule has 0 rings (SSSR count). The van der Waals surface area contributed by atoms with Gasteiger partial charge in [0.05, 0.1) is 33.0 Å². The molecule has 0 spiro atoms.